The van der Waals surface area contributed by atoms with Crippen molar-refractivity contribution in [3.63, 3.8) is 0 Å². The van der Waals surface area contributed by atoms with Crippen LogP contribution in [0.1, 0.15) is 29.4 Å². The zero-order valence-corrected chi connectivity index (χ0v) is 21.3. The van der Waals surface area contributed by atoms with Crippen molar-refractivity contribution in [2.24, 2.45) is 0 Å². The van der Waals surface area contributed by atoms with Gasteiger partial charge in [-0.25, -0.2) is 4.39 Å². The van der Waals surface area contributed by atoms with Gasteiger partial charge >= 0.3 is 5.97 Å². The predicted octanol–water partition coefficient (Wildman–Crippen LogP) is 4.16. The molecule has 8 nitrogen and oxygen atoms in total. The Morgan fingerprint density at radius 3 is 2.43 bits per heavy atom. The van der Waals surface area contributed by atoms with Crippen LogP contribution in [0.4, 0.5) is 10.1 Å². The Labute approximate surface area is 218 Å². The number of halogens is 2. The average Bonchev–Trinajstić information content (AvgIpc) is 2.91. The molecular weight excluding hydrogens is 503 g/mol. The van der Waals surface area contributed by atoms with Crippen LogP contribution < -0.4 is 15.1 Å². The molecule has 3 aromatic rings. The largest absolute Gasteiger partial charge is 0.502 e. The zero-order valence-electron chi connectivity index (χ0n) is 20.6. The molecule has 0 unspecified atom stereocenters. The van der Waals surface area contributed by atoms with Crippen LogP contribution in [-0.2, 0) is 16.1 Å². The number of ether oxygens (including phenoxy) is 2. The number of hydrogen-bond acceptors (Lipinski definition) is 8. The lowest BCUT2D eigenvalue weighted by molar-refractivity contribution is -0.140. The molecule has 1 aromatic heterocycles. The maximum absolute atomic E-state index is 13.8. The molecule has 10 heteroatoms. The summed E-state index contributed by atoms with van der Waals surface area (Å²) in [5.74, 6) is -1.67. The highest BCUT2D eigenvalue weighted by molar-refractivity contribution is 6.30. The number of hydrogen-bond donors (Lipinski definition) is 1. The SMILES string of the molecule is COC(=O)C[C@H](c1ccc(F)c(Cl)c1)c1oc(CN2CCN(c3ccc(OC)cc3)CC2)cc(=O)c1O. The number of rotatable bonds is 8. The number of carbonyl (C=O) groups is 1. The molecule has 1 atom stereocenters. The molecule has 37 heavy (non-hydrogen) atoms. The van der Waals surface area contributed by atoms with Gasteiger partial charge in [-0.05, 0) is 42.0 Å². The van der Waals surface area contributed by atoms with Crippen LogP contribution in [0.15, 0.2) is 57.7 Å². The van der Waals surface area contributed by atoms with E-state index in [-0.39, 0.29) is 17.2 Å². The monoisotopic (exact) mass is 530 g/mol. The number of piperazine rings is 1. The number of methoxy groups -OCH3 is 2. The molecule has 1 aliphatic heterocycles. The number of esters is 1. The third-order valence-electron chi connectivity index (χ3n) is 6.45. The van der Waals surface area contributed by atoms with Crippen molar-refractivity contribution >= 4 is 23.3 Å². The summed E-state index contributed by atoms with van der Waals surface area (Å²) < 4.78 is 29.8. The Kier molecular flexibility index (Phi) is 8.35. The zero-order chi connectivity index (χ0) is 26.5. The summed E-state index contributed by atoms with van der Waals surface area (Å²) in [5.41, 5.74) is 0.874. The summed E-state index contributed by atoms with van der Waals surface area (Å²) in [5, 5.41) is 10.4. The lowest BCUT2D eigenvalue weighted by atomic mass is 9.92. The second-order valence-electron chi connectivity index (χ2n) is 8.76. The van der Waals surface area contributed by atoms with Crippen LogP contribution in [0.5, 0.6) is 11.5 Å². The van der Waals surface area contributed by atoms with Crippen molar-refractivity contribution in [3.05, 3.63) is 86.7 Å². The van der Waals surface area contributed by atoms with Gasteiger partial charge in [0.25, 0.3) is 0 Å². The molecule has 0 radical (unpaired) electrons. The Hall–Kier alpha value is -3.56. The van der Waals surface area contributed by atoms with Crippen LogP contribution in [0.25, 0.3) is 0 Å². The molecule has 2 heterocycles. The Morgan fingerprint density at radius 2 is 1.81 bits per heavy atom. The van der Waals surface area contributed by atoms with Crippen molar-refractivity contribution in [2.45, 2.75) is 18.9 Å². The molecule has 1 fully saturated rings. The molecule has 0 spiro atoms. The van der Waals surface area contributed by atoms with E-state index in [1.54, 1.807) is 7.11 Å². The highest BCUT2D eigenvalue weighted by Gasteiger charge is 2.28. The van der Waals surface area contributed by atoms with Gasteiger partial charge in [-0.15, -0.1) is 0 Å². The lowest BCUT2D eigenvalue weighted by Gasteiger charge is -2.36. The molecule has 0 amide bonds. The molecule has 1 N–H and O–H groups in total. The highest BCUT2D eigenvalue weighted by Crippen LogP contribution is 2.35. The van der Waals surface area contributed by atoms with Crippen LogP contribution in [0.2, 0.25) is 5.02 Å². The van der Waals surface area contributed by atoms with Gasteiger partial charge in [0.2, 0.25) is 11.2 Å². The highest BCUT2D eigenvalue weighted by atomic mass is 35.5. The van der Waals surface area contributed by atoms with E-state index in [0.29, 0.717) is 17.9 Å². The van der Waals surface area contributed by atoms with Gasteiger partial charge < -0.3 is 23.9 Å². The van der Waals surface area contributed by atoms with E-state index in [1.807, 2.05) is 24.3 Å². The summed E-state index contributed by atoms with van der Waals surface area (Å²) in [7, 11) is 2.86. The van der Waals surface area contributed by atoms with E-state index in [4.69, 9.17) is 25.5 Å². The van der Waals surface area contributed by atoms with Gasteiger partial charge in [0.05, 0.1) is 38.1 Å². The summed E-state index contributed by atoms with van der Waals surface area (Å²) in [4.78, 5) is 29.2. The van der Waals surface area contributed by atoms with E-state index in [9.17, 15) is 19.1 Å². The molecule has 0 aliphatic carbocycles. The fourth-order valence-electron chi connectivity index (χ4n) is 4.39. The second-order valence-corrected chi connectivity index (χ2v) is 9.16. The fourth-order valence-corrected chi connectivity index (χ4v) is 4.58. The number of anilines is 1. The van der Waals surface area contributed by atoms with Crippen LogP contribution in [-0.4, -0.2) is 56.4 Å². The molecule has 2 aromatic carbocycles. The first-order chi connectivity index (χ1) is 17.8. The Balaban J connectivity index is 1.54. The number of aromatic hydroxyl groups is 1. The van der Waals surface area contributed by atoms with E-state index in [0.717, 1.165) is 43.7 Å². The minimum absolute atomic E-state index is 0.0903. The predicted molar refractivity (Wildman–Crippen MR) is 137 cm³/mol. The van der Waals surface area contributed by atoms with Crippen molar-refractivity contribution in [3.8, 4) is 11.5 Å². The second kappa shape index (κ2) is 11.7. The van der Waals surface area contributed by atoms with Crippen molar-refractivity contribution in [1.29, 1.82) is 0 Å². The quantitative estimate of drug-likeness (QED) is 0.434. The fraction of sp³-hybridized carbons (Fsp3) is 0.333. The number of nitrogens with zero attached hydrogens (tertiary/aromatic N) is 2. The van der Waals surface area contributed by atoms with E-state index in [1.165, 1.54) is 25.3 Å². The standard InChI is InChI=1S/C27H28ClFN2O6/c1-35-19-6-4-18(5-7-19)31-11-9-30(10-12-31)16-20-14-24(32)26(34)27(37-20)21(15-25(33)36-2)17-3-8-23(29)22(28)13-17/h3-8,13-14,21,34H,9-12,15-16H2,1-2H3/t21-/m1/s1. The normalized spacial score (nSPS) is 14.9. The summed E-state index contributed by atoms with van der Waals surface area (Å²) >= 11 is 5.96. The number of carbonyl (C=O) groups excluding carboxylic acids is 1. The first kappa shape index (κ1) is 26.5. The van der Waals surface area contributed by atoms with Crippen LogP contribution in [0.3, 0.4) is 0 Å². The topological polar surface area (TPSA) is 92.5 Å². The number of benzene rings is 2. The van der Waals surface area contributed by atoms with E-state index < -0.39 is 28.9 Å². The van der Waals surface area contributed by atoms with Crippen molar-refractivity contribution in [2.75, 3.05) is 45.3 Å². The maximum atomic E-state index is 13.8. The Bertz CT molecular complexity index is 1310. The van der Waals surface area contributed by atoms with Gasteiger partial charge in [0, 0.05) is 37.9 Å². The van der Waals surface area contributed by atoms with Gasteiger partial charge in [-0.1, -0.05) is 17.7 Å². The van der Waals surface area contributed by atoms with Crippen LogP contribution in [0, 0.1) is 5.82 Å². The molecule has 196 valence electrons. The van der Waals surface area contributed by atoms with Gasteiger partial charge in [-0.3, -0.25) is 14.5 Å². The summed E-state index contributed by atoms with van der Waals surface area (Å²) in [6.45, 7) is 3.35. The summed E-state index contributed by atoms with van der Waals surface area (Å²) in [6, 6.07) is 13.1. The smallest absolute Gasteiger partial charge is 0.306 e. The maximum Gasteiger partial charge on any atom is 0.306 e. The first-order valence-electron chi connectivity index (χ1n) is 11.8. The molecule has 0 bridgehead atoms. The van der Waals surface area contributed by atoms with Gasteiger partial charge in [0.1, 0.15) is 17.3 Å². The molecular formula is C27H28ClFN2O6. The molecule has 0 saturated carbocycles. The minimum atomic E-state index is -0.898. The third-order valence-corrected chi connectivity index (χ3v) is 6.74. The average molecular weight is 531 g/mol. The lowest BCUT2D eigenvalue weighted by Crippen LogP contribution is -2.46. The minimum Gasteiger partial charge on any atom is -0.502 e. The Morgan fingerprint density at radius 1 is 1.11 bits per heavy atom. The van der Waals surface area contributed by atoms with E-state index >= 15 is 0 Å². The van der Waals surface area contributed by atoms with Crippen molar-refractivity contribution < 1.29 is 28.2 Å². The molecule has 4 rings (SSSR count). The van der Waals surface area contributed by atoms with Gasteiger partial charge in [-0.2, -0.15) is 0 Å². The van der Waals surface area contributed by atoms with Crippen LogP contribution >= 0.6 is 11.6 Å². The summed E-state index contributed by atoms with van der Waals surface area (Å²) in [6.07, 6.45) is -0.237. The molecule has 1 aliphatic rings. The van der Waals surface area contributed by atoms with Gasteiger partial charge in [0.15, 0.2) is 5.76 Å². The third kappa shape index (κ3) is 6.23. The van der Waals surface area contributed by atoms with Crippen molar-refractivity contribution in [1.82, 2.24) is 4.90 Å². The van der Waals surface area contributed by atoms with E-state index in [2.05, 4.69) is 9.80 Å². The first-order valence-corrected chi connectivity index (χ1v) is 12.2. The molecule has 1 saturated heterocycles.